The van der Waals surface area contributed by atoms with Crippen LogP contribution in [0.2, 0.25) is 0 Å². The van der Waals surface area contributed by atoms with Crippen molar-refractivity contribution in [2.24, 2.45) is 0 Å². The van der Waals surface area contributed by atoms with Crippen molar-refractivity contribution >= 4 is 27.5 Å². The van der Waals surface area contributed by atoms with E-state index in [2.05, 4.69) is 70.5 Å². The van der Waals surface area contributed by atoms with Crippen LogP contribution in [-0.2, 0) is 6.42 Å². The van der Waals surface area contributed by atoms with Crippen LogP contribution in [0.4, 0.5) is 0 Å². The molecule has 0 N–H and O–H groups in total. The Morgan fingerprint density at radius 1 is 0.906 bits per heavy atom. The monoisotopic (exact) mass is 419 g/mol. The molecule has 0 atom stereocenters. The number of benzene rings is 2. The fourth-order valence-corrected chi connectivity index (χ4v) is 4.14. The lowest BCUT2D eigenvalue weighted by Crippen LogP contribution is -2.02. The summed E-state index contributed by atoms with van der Waals surface area (Å²) in [5, 5.41) is 20.3. The molecular formula is C25H21N7. The van der Waals surface area contributed by atoms with Gasteiger partial charge >= 0.3 is 0 Å². The second kappa shape index (κ2) is 7.23. The van der Waals surface area contributed by atoms with Gasteiger partial charge < -0.3 is 0 Å². The van der Waals surface area contributed by atoms with Crippen molar-refractivity contribution in [1.82, 2.24) is 34.6 Å². The molecule has 32 heavy (non-hydrogen) atoms. The van der Waals surface area contributed by atoms with Gasteiger partial charge in [0.1, 0.15) is 0 Å². The summed E-state index contributed by atoms with van der Waals surface area (Å²) in [7, 11) is 0. The average molecular weight is 419 g/mol. The van der Waals surface area contributed by atoms with Crippen LogP contribution >= 0.6 is 0 Å². The molecule has 0 amide bonds. The number of hydrogen-bond donors (Lipinski definition) is 0. The zero-order valence-corrected chi connectivity index (χ0v) is 17.8. The second-order valence-electron chi connectivity index (χ2n) is 8.27. The second-order valence-corrected chi connectivity index (χ2v) is 8.27. The van der Waals surface area contributed by atoms with Crippen molar-refractivity contribution in [3.8, 4) is 11.3 Å². The van der Waals surface area contributed by atoms with E-state index in [0.717, 1.165) is 50.1 Å². The first-order valence-electron chi connectivity index (χ1n) is 10.7. The molecule has 0 aliphatic heterocycles. The van der Waals surface area contributed by atoms with Gasteiger partial charge in [-0.15, -0.1) is 10.2 Å². The lowest BCUT2D eigenvalue weighted by atomic mass is 10.1. The van der Waals surface area contributed by atoms with Gasteiger partial charge in [-0.3, -0.25) is 9.67 Å². The normalized spacial score (nSPS) is 11.8. The van der Waals surface area contributed by atoms with Crippen molar-refractivity contribution in [3.05, 3.63) is 84.4 Å². The average Bonchev–Trinajstić information content (AvgIpc) is 3.42. The van der Waals surface area contributed by atoms with Gasteiger partial charge in [0.15, 0.2) is 11.5 Å². The summed E-state index contributed by atoms with van der Waals surface area (Å²) in [6.07, 6.45) is 4.36. The van der Waals surface area contributed by atoms with Crippen LogP contribution in [0.3, 0.4) is 0 Å². The van der Waals surface area contributed by atoms with Gasteiger partial charge in [0.05, 0.1) is 22.9 Å². The van der Waals surface area contributed by atoms with Gasteiger partial charge in [0.25, 0.3) is 0 Å². The van der Waals surface area contributed by atoms with Gasteiger partial charge in [-0.25, -0.2) is 0 Å². The third-order valence-corrected chi connectivity index (χ3v) is 5.74. The largest absolute Gasteiger partial charge is 0.262 e. The smallest absolute Gasteiger partial charge is 0.177 e. The van der Waals surface area contributed by atoms with Crippen LogP contribution < -0.4 is 0 Å². The van der Waals surface area contributed by atoms with Crippen molar-refractivity contribution in [3.63, 3.8) is 0 Å². The molecule has 0 aliphatic carbocycles. The first-order valence-corrected chi connectivity index (χ1v) is 10.7. The van der Waals surface area contributed by atoms with E-state index in [1.165, 1.54) is 0 Å². The lowest BCUT2D eigenvalue weighted by Gasteiger charge is -2.08. The molecule has 0 fully saturated rings. The Kier molecular flexibility index (Phi) is 4.21. The van der Waals surface area contributed by atoms with Crippen LogP contribution in [0.1, 0.15) is 31.3 Å². The highest BCUT2D eigenvalue weighted by Gasteiger charge is 2.12. The molecule has 4 aromatic heterocycles. The lowest BCUT2D eigenvalue weighted by molar-refractivity contribution is 0.551. The summed E-state index contributed by atoms with van der Waals surface area (Å²) in [5.74, 6) is 0.804. The maximum Gasteiger partial charge on any atom is 0.177 e. The van der Waals surface area contributed by atoms with E-state index >= 15 is 0 Å². The van der Waals surface area contributed by atoms with Crippen LogP contribution in [0, 0.1) is 0 Å². The predicted molar refractivity (Wildman–Crippen MR) is 124 cm³/mol. The van der Waals surface area contributed by atoms with E-state index < -0.39 is 0 Å². The summed E-state index contributed by atoms with van der Waals surface area (Å²) < 4.78 is 3.87. The Hall–Kier alpha value is -4.13. The van der Waals surface area contributed by atoms with Crippen LogP contribution in [0.15, 0.2) is 73.1 Å². The molecule has 6 rings (SSSR count). The van der Waals surface area contributed by atoms with E-state index in [1.54, 1.807) is 0 Å². The minimum atomic E-state index is 0.318. The maximum absolute atomic E-state index is 4.86. The van der Waals surface area contributed by atoms with Crippen molar-refractivity contribution < 1.29 is 0 Å². The third-order valence-electron chi connectivity index (χ3n) is 5.74. The van der Waals surface area contributed by atoms with E-state index in [-0.39, 0.29) is 0 Å². The standard InChI is InChI=1S/C25H21N7/c1-16(2)31-23-9-6-19(14-20(23)15-27-31)22-8-10-24-28-29-25(32(24)30-22)13-17-5-7-21-18(12-17)4-3-11-26-21/h3-12,14-16H,13H2,1-2H3. The molecule has 4 heterocycles. The van der Waals surface area contributed by atoms with E-state index in [1.807, 2.05) is 45.9 Å². The molecule has 0 radical (unpaired) electrons. The highest BCUT2D eigenvalue weighted by atomic mass is 15.4. The maximum atomic E-state index is 4.86. The molecule has 0 saturated carbocycles. The third kappa shape index (κ3) is 3.10. The van der Waals surface area contributed by atoms with E-state index in [9.17, 15) is 0 Å². The van der Waals surface area contributed by atoms with E-state index in [4.69, 9.17) is 5.10 Å². The molecule has 2 aromatic carbocycles. The Bertz CT molecular complexity index is 1590. The molecule has 0 unspecified atom stereocenters. The molecule has 7 heteroatoms. The molecule has 156 valence electrons. The molecule has 0 spiro atoms. The Morgan fingerprint density at radius 2 is 1.84 bits per heavy atom. The Morgan fingerprint density at radius 3 is 2.75 bits per heavy atom. The minimum Gasteiger partial charge on any atom is -0.262 e. The molecule has 0 bridgehead atoms. The van der Waals surface area contributed by atoms with Crippen LogP contribution in [-0.4, -0.2) is 34.6 Å². The zero-order chi connectivity index (χ0) is 21.7. The van der Waals surface area contributed by atoms with E-state index in [0.29, 0.717) is 12.5 Å². The number of hydrogen-bond acceptors (Lipinski definition) is 5. The quantitative estimate of drug-likeness (QED) is 0.408. The first-order chi connectivity index (χ1) is 15.7. The predicted octanol–water partition coefficient (Wildman–Crippen LogP) is 4.86. The first kappa shape index (κ1) is 18.6. The fourth-order valence-electron chi connectivity index (χ4n) is 4.14. The highest BCUT2D eigenvalue weighted by molar-refractivity contribution is 5.84. The summed E-state index contributed by atoms with van der Waals surface area (Å²) in [5.41, 5.74) is 5.91. The molecule has 7 nitrogen and oxygen atoms in total. The number of pyridine rings is 1. The SMILES string of the molecule is CC(C)n1ncc2cc(-c3ccc4nnc(Cc5ccc6ncccc6c5)n4n3)ccc21. The topological polar surface area (TPSA) is 73.8 Å². The highest BCUT2D eigenvalue weighted by Crippen LogP contribution is 2.25. The zero-order valence-electron chi connectivity index (χ0n) is 17.8. The number of aromatic nitrogens is 7. The summed E-state index contributed by atoms with van der Waals surface area (Å²) in [6.45, 7) is 4.27. The van der Waals surface area contributed by atoms with Gasteiger partial charge in [0, 0.05) is 35.0 Å². The van der Waals surface area contributed by atoms with Crippen molar-refractivity contribution in [2.45, 2.75) is 26.3 Å². The van der Waals surface area contributed by atoms with Crippen molar-refractivity contribution in [1.29, 1.82) is 0 Å². The molecule has 0 aliphatic rings. The Balaban J connectivity index is 1.38. The fraction of sp³-hybridized carbons (Fsp3) is 0.160. The van der Waals surface area contributed by atoms with Gasteiger partial charge in [-0.05, 0) is 61.9 Å². The molecular weight excluding hydrogens is 398 g/mol. The number of rotatable bonds is 4. The van der Waals surface area contributed by atoms with Gasteiger partial charge in [-0.2, -0.15) is 14.7 Å². The number of nitrogens with zero attached hydrogens (tertiary/aromatic N) is 7. The van der Waals surface area contributed by atoms with Gasteiger partial charge in [-0.1, -0.05) is 18.2 Å². The van der Waals surface area contributed by atoms with Crippen LogP contribution in [0.5, 0.6) is 0 Å². The van der Waals surface area contributed by atoms with Gasteiger partial charge in [0.2, 0.25) is 0 Å². The van der Waals surface area contributed by atoms with Crippen LogP contribution in [0.25, 0.3) is 38.7 Å². The summed E-state index contributed by atoms with van der Waals surface area (Å²) in [6, 6.07) is 20.9. The molecule has 0 saturated heterocycles. The summed E-state index contributed by atoms with van der Waals surface area (Å²) in [4.78, 5) is 4.40. The van der Waals surface area contributed by atoms with Crippen molar-refractivity contribution in [2.75, 3.05) is 0 Å². The minimum absolute atomic E-state index is 0.318. The molecule has 6 aromatic rings. The Labute approximate surface area is 184 Å². The summed E-state index contributed by atoms with van der Waals surface area (Å²) >= 11 is 0. The number of fused-ring (bicyclic) bond motifs is 3.